The predicted molar refractivity (Wildman–Crippen MR) is 57.1 cm³/mol. The van der Waals surface area contributed by atoms with Crippen LogP contribution in [0.5, 0.6) is 0 Å². The molecular formula is C9H13N5O. The zero-order valence-corrected chi connectivity index (χ0v) is 8.16. The zero-order valence-electron chi connectivity index (χ0n) is 8.16. The van der Waals surface area contributed by atoms with E-state index in [1.807, 2.05) is 6.07 Å². The van der Waals surface area contributed by atoms with Gasteiger partial charge in [0.1, 0.15) is 5.82 Å². The van der Waals surface area contributed by atoms with Crippen LogP contribution in [-0.4, -0.2) is 23.5 Å². The van der Waals surface area contributed by atoms with E-state index in [0.29, 0.717) is 18.8 Å². The fraction of sp³-hybridized carbons (Fsp3) is 0.333. The van der Waals surface area contributed by atoms with Gasteiger partial charge in [-0.25, -0.2) is 10.8 Å². The van der Waals surface area contributed by atoms with Gasteiger partial charge in [0.25, 0.3) is 0 Å². The number of nitrogens with two attached hydrogens (primary N) is 1. The van der Waals surface area contributed by atoms with E-state index in [4.69, 9.17) is 5.84 Å². The summed E-state index contributed by atoms with van der Waals surface area (Å²) in [6.45, 7) is 0.659. The van der Waals surface area contributed by atoms with Gasteiger partial charge in [-0.05, 0) is 6.07 Å². The van der Waals surface area contributed by atoms with Crippen molar-refractivity contribution < 1.29 is 4.79 Å². The largest absolute Gasteiger partial charge is 0.380 e. The number of hydrogen-bond acceptors (Lipinski definition) is 5. The summed E-state index contributed by atoms with van der Waals surface area (Å²) in [7, 11) is 0. The lowest BCUT2D eigenvalue weighted by molar-refractivity contribution is -0.119. The van der Waals surface area contributed by atoms with E-state index in [2.05, 4.69) is 21.0 Å². The molecule has 6 heteroatoms. The van der Waals surface area contributed by atoms with E-state index in [-0.39, 0.29) is 11.9 Å². The molecule has 1 aromatic heterocycles. The average molecular weight is 207 g/mol. The molecule has 2 heterocycles. The van der Waals surface area contributed by atoms with Crippen molar-refractivity contribution in [1.29, 1.82) is 0 Å². The van der Waals surface area contributed by atoms with Gasteiger partial charge in [0, 0.05) is 30.9 Å². The topological polar surface area (TPSA) is 92.1 Å². The Balaban J connectivity index is 2.01. The van der Waals surface area contributed by atoms with Crippen molar-refractivity contribution in [2.45, 2.75) is 12.5 Å². The van der Waals surface area contributed by atoms with Gasteiger partial charge in [-0.2, -0.15) is 0 Å². The SMILES string of the molecule is NNc1cc(NC2CNC(=O)C2)ccn1. The summed E-state index contributed by atoms with van der Waals surface area (Å²) in [5, 5.41) is 5.99. The van der Waals surface area contributed by atoms with Gasteiger partial charge in [-0.1, -0.05) is 0 Å². The van der Waals surface area contributed by atoms with Crippen LogP contribution in [0.1, 0.15) is 6.42 Å². The number of amides is 1. The molecule has 0 radical (unpaired) electrons. The van der Waals surface area contributed by atoms with E-state index >= 15 is 0 Å². The Hall–Kier alpha value is -1.82. The molecule has 0 spiro atoms. The Bertz CT molecular complexity index is 367. The highest BCUT2D eigenvalue weighted by Gasteiger charge is 2.20. The Kier molecular flexibility index (Phi) is 2.68. The van der Waals surface area contributed by atoms with Crippen LogP contribution in [0.25, 0.3) is 0 Å². The van der Waals surface area contributed by atoms with Gasteiger partial charge in [0.2, 0.25) is 5.91 Å². The first-order valence-corrected chi connectivity index (χ1v) is 4.74. The van der Waals surface area contributed by atoms with Crippen molar-refractivity contribution in [2.24, 2.45) is 5.84 Å². The van der Waals surface area contributed by atoms with E-state index in [1.165, 1.54) is 0 Å². The molecule has 5 N–H and O–H groups in total. The van der Waals surface area contributed by atoms with Gasteiger partial charge in [0.05, 0.1) is 6.04 Å². The number of aromatic nitrogens is 1. The third-order valence-electron chi connectivity index (χ3n) is 2.26. The van der Waals surface area contributed by atoms with Crippen molar-refractivity contribution in [3.05, 3.63) is 18.3 Å². The van der Waals surface area contributed by atoms with Crippen LogP contribution in [0.3, 0.4) is 0 Å². The lowest BCUT2D eigenvalue weighted by Gasteiger charge is -2.12. The molecule has 0 saturated carbocycles. The number of anilines is 2. The third-order valence-corrected chi connectivity index (χ3v) is 2.26. The predicted octanol–water partition coefficient (Wildman–Crippen LogP) is -0.332. The second-order valence-corrected chi connectivity index (χ2v) is 3.42. The summed E-state index contributed by atoms with van der Waals surface area (Å²) in [6, 6.07) is 3.78. The molecule has 1 amide bonds. The molecule has 1 aliphatic heterocycles. The van der Waals surface area contributed by atoms with Crippen molar-refractivity contribution in [3.63, 3.8) is 0 Å². The zero-order chi connectivity index (χ0) is 10.7. The summed E-state index contributed by atoms with van der Waals surface area (Å²) in [5.41, 5.74) is 3.37. The molecule has 1 aliphatic rings. The molecule has 6 nitrogen and oxygen atoms in total. The van der Waals surface area contributed by atoms with Gasteiger partial charge in [-0.3, -0.25) is 4.79 Å². The summed E-state index contributed by atoms with van der Waals surface area (Å²) >= 11 is 0. The highest BCUT2D eigenvalue weighted by atomic mass is 16.1. The molecule has 0 bridgehead atoms. The van der Waals surface area contributed by atoms with Crippen LogP contribution in [0.4, 0.5) is 11.5 Å². The molecule has 1 aromatic rings. The lowest BCUT2D eigenvalue weighted by atomic mass is 10.2. The second kappa shape index (κ2) is 4.14. The maximum absolute atomic E-state index is 11.0. The van der Waals surface area contributed by atoms with Gasteiger partial charge < -0.3 is 16.1 Å². The van der Waals surface area contributed by atoms with Gasteiger partial charge in [0.15, 0.2) is 0 Å². The highest BCUT2D eigenvalue weighted by Crippen LogP contribution is 2.14. The smallest absolute Gasteiger partial charge is 0.222 e. The molecule has 1 atom stereocenters. The third kappa shape index (κ3) is 2.35. The highest BCUT2D eigenvalue weighted by molar-refractivity contribution is 5.79. The molecule has 1 saturated heterocycles. The molecular weight excluding hydrogens is 194 g/mol. The molecule has 80 valence electrons. The number of hydrogen-bond donors (Lipinski definition) is 4. The average Bonchev–Trinajstić information content (AvgIpc) is 2.64. The number of carbonyl (C=O) groups excluding carboxylic acids is 1. The maximum atomic E-state index is 11.0. The van der Waals surface area contributed by atoms with Crippen LogP contribution < -0.4 is 21.9 Å². The normalized spacial score (nSPS) is 19.8. The summed E-state index contributed by atoms with van der Waals surface area (Å²) in [4.78, 5) is 15.0. The number of rotatable bonds is 3. The monoisotopic (exact) mass is 207 g/mol. The first-order chi connectivity index (χ1) is 7.28. The summed E-state index contributed by atoms with van der Waals surface area (Å²) in [6.07, 6.45) is 2.16. The minimum Gasteiger partial charge on any atom is -0.380 e. The van der Waals surface area contributed by atoms with Gasteiger partial charge >= 0.3 is 0 Å². The Labute approximate surface area is 87.2 Å². The lowest BCUT2D eigenvalue weighted by Crippen LogP contribution is -2.22. The molecule has 15 heavy (non-hydrogen) atoms. The number of hydrazine groups is 1. The molecule has 0 aliphatic carbocycles. The van der Waals surface area contributed by atoms with Crippen LogP contribution in [0, 0.1) is 0 Å². The van der Waals surface area contributed by atoms with Crippen molar-refractivity contribution in [1.82, 2.24) is 10.3 Å². The van der Waals surface area contributed by atoms with E-state index in [1.54, 1.807) is 12.3 Å². The first-order valence-electron chi connectivity index (χ1n) is 4.74. The van der Waals surface area contributed by atoms with Crippen LogP contribution in [0.15, 0.2) is 18.3 Å². The summed E-state index contributed by atoms with van der Waals surface area (Å²) in [5.74, 6) is 5.92. The number of carbonyl (C=O) groups is 1. The van der Waals surface area contributed by atoms with E-state index < -0.39 is 0 Å². The van der Waals surface area contributed by atoms with Crippen molar-refractivity contribution in [2.75, 3.05) is 17.3 Å². The minimum atomic E-state index is 0.0822. The summed E-state index contributed by atoms with van der Waals surface area (Å²) < 4.78 is 0. The molecule has 2 rings (SSSR count). The van der Waals surface area contributed by atoms with Crippen LogP contribution >= 0.6 is 0 Å². The number of nitrogens with one attached hydrogen (secondary N) is 3. The van der Waals surface area contributed by atoms with Crippen LogP contribution in [-0.2, 0) is 4.79 Å². The number of nitrogens with zero attached hydrogens (tertiary/aromatic N) is 1. The number of nitrogen functional groups attached to an aromatic ring is 1. The first kappa shape index (κ1) is 9.72. The number of pyridine rings is 1. The van der Waals surface area contributed by atoms with Crippen molar-refractivity contribution >= 4 is 17.4 Å². The van der Waals surface area contributed by atoms with Crippen LogP contribution in [0.2, 0.25) is 0 Å². The molecule has 1 unspecified atom stereocenters. The maximum Gasteiger partial charge on any atom is 0.222 e. The molecule has 0 aromatic carbocycles. The standard InChI is InChI=1S/C9H13N5O/c10-14-8-3-6(1-2-11-8)13-7-4-9(15)12-5-7/h1-3,7H,4-5,10H2,(H,12,15)(H2,11,13,14). The van der Waals surface area contributed by atoms with E-state index in [0.717, 1.165) is 5.69 Å². The van der Waals surface area contributed by atoms with Crippen molar-refractivity contribution in [3.8, 4) is 0 Å². The Morgan fingerprint density at radius 1 is 1.60 bits per heavy atom. The van der Waals surface area contributed by atoms with Gasteiger partial charge in [-0.15, -0.1) is 0 Å². The van der Waals surface area contributed by atoms with E-state index in [9.17, 15) is 4.79 Å². The Morgan fingerprint density at radius 2 is 2.47 bits per heavy atom. The quantitative estimate of drug-likeness (QED) is 0.402. The molecule has 1 fully saturated rings. The second-order valence-electron chi connectivity index (χ2n) is 3.42. The Morgan fingerprint density at radius 3 is 3.13 bits per heavy atom. The fourth-order valence-electron chi connectivity index (χ4n) is 1.54. The fourth-order valence-corrected chi connectivity index (χ4v) is 1.54. The minimum absolute atomic E-state index is 0.0822.